The number of fused-ring (bicyclic) bond motifs is 1. The van der Waals surface area contributed by atoms with Crippen LogP contribution < -0.4 is 15.2 Å². The molecule has 1 aliphatic rings. The van der Waals surface area contributed by atoms with Gasteiger partial charge in [0.25, 0.3) is 0 Å². The maximum atomic E-state index is 5.62. The molecule has 0 aliphatic heterocycles. The third kappa shape index (κ3) is 2.46. The van der Waals surface area contributed by atoms with Crippen molar-refractivity contribution in [3.63, 3.8) is 0 Å². The first kappa shape index (κ1) is 13.2. The summed E-state index contributed by atoms with van der Waals surface area (Å²) in [5, 5.41) is 0. The summed E-state index contributed by atoms with van der Waals surface area (Å²) >= 11 is 0. The van der Waals surface area contributed by atoms with E-state index in [1.807, 2.05) is 6.07 Å². The largest absolute Gasteiger partial charge is 0.493 e. The first-order valence-corrected chi connectivity index (χ1v) is 6.75. The summed E-state index contributed by atoms with van der Waals surface area (Å²) in [4.78, 5) is 0. The van der Waals surface area contributed by atoms with Gasteiger partial charge in [0.1, 0.15) is 0 Å². The Bertz CT molecular complexity index is 404. The molecule has 0 amide bonds. The van der Waals surface area contributed by atoms with Crippen molar-refractivity contribution in [1.29, 1.82) is 0 Å². The zero-order valence-electron chi connectivity index (χ0n) is 11.4. The van der Waals surface area contributed by atoms with Crippen LogP contribution in [0.25, 0.3) is 0 Å². The quantitative estimate of drug-likeness (QED) is 0.872. The van der Waals surface area contributed by atoms with E-state index in [0.29, 0.717) is 5.92 Å². The van der Waals surface area contributed by atoms with Gasteiger partial charge in [0.2, 0.25) is 0 Å². The Kier molecular flexibility index (Phi) is 4.48. The molecular formula is C15H23NO2. The van der Waals surface area contributed by atoms with Gasteiger partial charge in [0.05, 0.1) is 14.2 Å². The van der Waals surface area contributed by atoms with Crippen LogP contribution in [0.15, 0.2) is 12.1 Å². The van der Waals surface area contributed by atoms with Crippen LogP contribution in [0.3, 0.4) is 0 Å². The molecule has 0 saturated heterocycles. The highest BCUT2D eigenvalue weighted by molar-refractivity contribution is 5.52. The van der Waals surface area contributed by atoms with E-state index in [9.17, 15) is 0 Å². The lowest BCUT2D eigenvalue weighted by Crippen LogP contribution is -2.13. The van der Waals surface area contributed by atoms with E-state index in [0.717, 1.165) is 30.9 Å². The summed E-state index contributed by atoms with van der Waals surface area (Å²) in [6, 6.07) is 4.23. The van der Waals surface area contributed by atoms with Crippen LogP contribution in [0.1, 0.15) is 42.7 Å². The van der Waals surface area contributed by atoms with E-state index < -0.39 is 0 Å². The fourth-order valence-electron chi connectivity index (χ4n) is 2.99. The number of hydrogen-bond donors (Lipinski definition) is 1. The summed E-state index contributed by atoms with van der Waals surface area (Å²) in [7, 11) is 3.42. The third-order valence-corrected chi connectivity index (χ3v) is 3.86. The smallest absolute Gasteiger partial charge is 0.164 e. The van der Waals surface area contributed by atoms with Crippen molar-refractivity contribution in [2.75, 3.05) is 20.8 Å². The summed E-state index contributed by atoms with van der Waals surface area (Å²) in [6.45, 7) is 0.777. The molecule has 2 rings (SSSR count). The maximum absolute atomic E-state index is 5.62. The van der Waals surface area contributed by atoms with Gasteiger partial charge >= 0.3 is 0 Å². The summed E-state index contributed by atoms with van der Waals surface area (Å²) < 4.78 is 10.9. The average Bonchev–Trinajstić information content (AvgIpc) is 2.43. The number of hydrogen-bond acceptors (Lipinski definition) is 3. The van der Waals surface area contributed by atoms with Crippen molar-refractivity contribution in [2.45, 2.75) is 38.0 Å². The zero-order chi connectivity index (χ0) is 13.0. The van der Waals surface area contributed by atoms with Crippen LogP contribution in [0, 0.1) is 0 Å². The van der Waals surface area contributed by atoms with Gasteiger partial charge in [-0.15, -0.1) is 0 Å². The molecule has 1 aromatic rings. The van der Waals surface area contributed by atoms with Gasteiger partial charge in [-0.25, -0.2) is 0 Å². The average molecular weight is 249 g/mol. The molecule has 100 valence electrons. The minimum absolute atomic E-state index is 0.636. The molecule has 1 aliphatic carbocycles. The SMILES string of the molecule is COc1ccc2c(c1OC)CCC[C@H]2CCCN. The lowest BCUT2D eigenvalue weighted by atomic mass is 9.80. The van der Waals surface area contributed by atoms with Gasteiger partial charge in [0.15, 0.2) is 11.5 Å². The molecule has 3 heteroatoms. The molecular weight excluding hydrogens is 226 g/mol. The van der Waals surface area contributed by atoms with Gasteiger partial charge in [-0.2, -0.15) is 0 Å². The van der Waals surface area contributed by atoms with Crippen molar-refractivity contribution in [1.82, 2.24) is 0 Å². The van der Waals surface area contributed by atoms with Crippen LogP contribution in [0.4, 0.5) is 0 Å². The monoisotopic (exact) mass is 249 g/mol. The van der Waals surface area contributed by atoms with Gasteiger partial charge in [-0.1, -0.05) is 6.07 Å². The topological polar surface area (TPSA) is 44.5 Å². The highest BCUT2D eigenvalue weighted by Crippen LogP contribution is 2.43. The molecule has 0 fully saturated rings. The van der Waals surface area contributed by atoms with Crippen LogP contribution >= 0.6 is 0 Å². The van der Waals surface area contributed by atoms with Gasteiger partial charge in [-0.3, -0.25) is 0 Å². The minimum Gasteiger partial charge on any atom is -0.493 e. The second-order valence-corrected chi connectivity index (χ2v) is 4.89. The molecule has 1 aromatic carbocycles. The number of rotatable bonds is 5. The first-order chi connectivity index (χ1) is 8.81. The van der Waals surface area contributed by atoms with Gasteiger partial charge in [0, 0.05) is 5.56 Å². The van der Waals surface area contributed by atoms with E-state index in [-0.39, 0.29) is 0 Å². The molecule has 0 heterocycles. The van der Waals surface area contributed by atoms with Crippen molar-refractivity contribution >= 4 is 0 Å². The molecule has 0 bridgehead atoms. The Hall–Kier alpha value is -1.22. The van der Waals surface area contributed by atoms with Crippen LogP contribution in [-0.4, -0.2) is 20.8 Å². The number of nitrogens with two attached hydrogens (primary N) is 1. The van der Waals surface area contributed by atoms with Gasteiger partial charge in [-0.05, 0) is 56.2 Å². The highest BCUT2D eigenvalue weighted by atomic mass is 16.5. The third-order valence-electron chi connectivity index (χ3n) is 3.86. The lowest BCUT2D eigenvalue weighted by Gasteiger charge is -2.27. The van der Waals surface area contributed by atoms with E-state index in [1.54, 1.807) is 14.2 Å². The van der Waals surface area contributed by atoms with Crippen LogP contribution in [0.2, 0.25) is 0 Å². The van der Waals surface area contributed by atoms with Crippen LogP contribution in [-0.2, 0) is 6.42 Å². The van der Waals surface area contributed by atoms with Crippen molar-refractivity contribution in [3.8, 4) is 11.5 Å². The molecule has 2 N–H and O–H groups in total. The van der Waals surface area contributed by atoms with Crippen LogP contribution in [0.5, 0.6) is 11.5 Å². The fourth-order valence-corrected chi connectivity index (χ4v) is 2.99. The van der Waals surface area contributed by atoms with E-state index >= 15 is 0 Å². The number of ether oxygens (including phenoxy) is 2. The summed E-state index contributed by atoms with van der Waals surface area (Å²) in [5.74, 6) is 2.40. The molecule has 3 nitrogen and oxygen atoms in total. The zero-order valence-corrected chi connectivity index (χ0v) is 11.4. The Morgan fingerprint density at radius 3 is 2.78 bits per heavy atom. The predicted molar refractivity (Wildman–Crippen MR) is 73.5 cm³/mol. The molecule has 0 aromatic heterocycles. The minimum atomic E-state index is 0.636. The number of benzene rings is 1. The number of methoxy groups -OCH3 is 2. The predicted octanol–water partition coefficient (Wildman–Crippen LogP) is 2.86. The second-order valence-electron chi connectivity index (χ2n) is 4.89. The van der Waals surface area contributed by atoms with Gasteiger partial charge < -0.3 is 15.2 Å². The lowest BCUT2D eigenvalue weighted by molar-refractivity contribution is 0.347. The Labute approximate surface area is 109 Å². The Morgan fingerprint density at radius 1 is 1.28 bits per heavy atom. The highest BCUT2D eigenvalue weighted by Gasteiger charge is 2.24. The molecule has 1 atom stereocenters. The van der Waals surface area contributed by atoms with E-state index in [4.69, 9.17) is 15.2 Å². The van der Waals surface area contributed by atoms with E-state index in [1.165, 1.54) is 30.4 Å². The standard InChI is InChI=1S/C15H23NO2/c1-17-14-9-8-12-11(6-4-10-16)5-3-7-13(12)15(14)18-2/h8-9,11H,3-7,10,16H2,1-2H3/t11-/m0/s1. The molecule has 0 radical (unpaired) electrons. The molecule has 0 spiro atoms. The Morgan fingerprint density at radius 2 is 2.11 bits per heavy atom. The molecule has 18 heavy (non-hydrogen) atoms. The van der Waals surface area contributed by atoms with E-state index in [2.05, 4.69) is 6.07 Å². The second kappa shape index (κ2) is 6.10. The molecule has 0 unspecified atom stereocenters. The van der Waals surface area contributed by atoms with Crippen molar-refractivity contribution in [3.05, 3.63) is 23.3 Å². The first-order valence-electron chi connectivity index (χ1n) is 6.75. The van der Waals surface area contributed by atoms with Crippen molar-refractivity contribution in [2.24, 2.45) is 5.73 Å². The summed E-state index contributed by atoms with van der Waals surface area (Å²) in [6.07, 6.45) is 5.86. The molecule has 0 saturated carbocycles. The summed E-state index contributed by atoms with van der Waals surface area (Å²) in [5.41, 5.74) is 8.40. The normalized spacial score (nSPS) is 18.3. The fraction of sp³-hybridized carbons (Fsp3) is 0.600. The van der Waals surface area contributed by atoms with Crippen molar-refractivity contribution < 1.29 is 9.47 Å². The maximum Gasteiger partial charge on any atom is 0.164 e. The Balaban J connectivity index is 2.34.